The van der Waals surface area contributed by atoms with E-state index in [1.54, 1.807) is 0 Å². The monoisotopic (exact) mass is 319 g/mol. The first-order valence-corrected chi connectivity index (χ1v) is 7.52. The normalized spacial score (nSPS) is 10.4. The Bertz CT molecular complexity index is 654. The highest BCUT2D eigenvalue weighted by atomic mass is 19.1. The number of carbonyl (C=O) groups excluding carboxylic acids is 1. The first-order valence-electron chi connectivity index (χ1n) is 7.52. The van der Waals surface area contributed by atoms with E-state index in [-0.39, 0.29) is 24.3 Å². The van der Waals surface area contributed by atoms with Crippen molar-refractivity contribution >= 4 is 5.91 Å². The van der Waals surface area contributed by atoms with Gasteiger partial charge in [0.2, 0.25) is 5.91 Å². The van der Waals surface area contributed by atoms with E-state index < -0.39 is 11.6 Å². The van der Waals surface area contributed by atoms with Crippen molar-refractivity contribution in [1.29, 1.82) is 0 Å². The Morgan fingerprint density at radius 3 is 2.48 bits per heavy atom. The maximum atomic E-state index is 13.5. The van der Waals surface area contributed by atoms with Gasteiger partial charge in [-0.3, -0.25) is 4.79 Å². The van der Waals surface area contributed by atoms with Crippen LogP contribution in [-0.4, -0.2) is 12.5 Å². The van der Waals surface area contributed by atoms with Crippen LogP contribution in [0.25, 0.3) is 0 Å². The molecule has 0 fully saturated rings. The highest BCUT2D eigenvalue weighted by Gasteiger charge is 2.11. The topological polar surface area (TPSA) is 38.3 Å². The lowest BCUT2D eigenvalue weighted by Gasteiger charge is -2.11. The molecular weight excluding hydrogens is 300 g/mol. The number of ether oxygens (including phenoxy) is 1. The first-order chi connectivity index (χ1) is 11.1. The maximum Gasteiger partial charge on any atom is 0.220 e. The van der Waals surface area contributed by atoms with Gasteiger partial charge in [0.05, 0.1) is 6.61 Å². The minimum Gasteiger partial charge on any atom is -0.494 e. The quantitative estimate of drug-likeness (QED) is 0.846. The fourth-order valence-corrected chi connectivity index (χ4v) is 2.24. The third kappa shape index (κ3) is 4.77. The van der Waals surface area contributed by atoms with Gasteiger partial charge in [0.1, 0.15) is 17.4 Å². The summed E-state index contributed by atoms with van der Waals surface area (Å²) >= 11 is 0. The van der Waals surface area contributed by atoms with Crippen LogP contribution >= 0.6 is 0 Å². The molecule has 1 amide bonds. The Morgan fingerprint density at radius 1 is 1.09 bits per heavy atom. The zero-order chi connectivity index (χ0) is 16.7. The summed E-state index contributed by atoms with van der Waals surface area (Å²) in [5.74, 6) is -0.798. The van der Waals surface area contributed by atoms with Gasteiger partial charge in [-0.1, -0.05) is 24.3 Å². The molecule has 0 aliphatic carbocycles. The van der Waals surface area contributed by atoms with E-state index in [9.17, 15) is 13.6 Å². The predicted octanol–water partition coefficient (Wildman–Crippen LogP) is 3.61. The zero-order valence-electron chi connectivity index (χ0n) is 12.9. The minimum absolute atomic E-state index is 0.0225. The number of amides is 1. The molecule has 1 N–H and O–H groups in total. The van der Waals surface area contributed by atoms with Gasteiger partial charge in [0.25, 0.3) is 0 Å². The summed E-state index contributed by atoms with van der Waals surface area (Å²) in [6.07, 6.45) is 0.0477. The van der Waals surface area contributed by atoms with Gasteiger partial charge in [-0.2, -0.15) is 0 Å². The average Bonchev–Trinajstić information content (AvgIpc) is 2.54. The SMILES string of the molecule is CCOc1ccccc1CNC(=O)CCc1c(F)cccc1F. The molecule has 0 bridgehead atoms. The molecule has 0 spiro atoms. The highest BCUT2D eigenvalue weighted by molar-refractivity contribution is 5.76. The van der Waals surface area contributed by atoms with Crippen LogP contribution in [0, 0.1) is 11.6 Å². The second-order valence-corrected chi connectivity index (χ2v) is 5.02. The van der Waals surface area contributed by atoms with Crippen LogP contribution in [0.4, 0.5) is 8.78 Å². The molecule has 23 heavy (non-hydrogen) atoms. The third-order valence-electron chi connectivity index (χ3n) is 3.41. The van der Waals surface area contributed by atoms with E-state index in [1.165, 1.54) is 18.2 Å². The van der Waals surface area contributed by atoms with Crippen molar-refractivity contribution in [3.05, 3.63) is 65.2 Å². The molecule has 0 heterocycles. The van der Waals surface area contributed by atoms with Crippen LogP contribution in [0.1, 0.15) is 24.5 Å². The lowest BCUT2D eigenvalue weighted by molar-refractivity contribution is -0.121. The van der Waals surface area contributed by atoms with Gasteiger partial charge < -0.3 is 10.1 Å². The molecule has 0 radical (unpaired) electrons. The van der Waals surface area contributed by atoms with Crippen LogP contribution in [0.2, 0.25) is 0 Å². The van der Waals surface area contributed by atoms with Gasteiger partial charge in [-0.15, -0.1) is 0 Å². The van der Waals surface area contributed by atoms with E-state index in [0.29, 0.717) is 13.2 Å². The Balaban J connectivity index is 1.89. The van der Waals surface area contributed by atoms with Gasteiger partial charge in [0, 0.05) is 24.1 Å². The molecule has 0 saturated heterocycles. The summed E-state index contributed by atoms with van der Waals surface area (Å²) in [4.78, 5) is 11.9. The van der Waals surface area contributed by atoms with Gasteiger partial charge >= 0.3 is 0 Å². The van der Waals surface area contributed by atoms with E-state index in [0.717, 1.165) is 11.3 Å². The number of benzene rings is 2. The molecule has 0 unspecified atom stereocenters. The molecule has 0 aliphatic rings. The first kappa shape index (κ1) is 16.9. The molecule has 5 heteroatoms. The summed E-state index contributed by atoms with van der Waals surface area (Å²) in [5.41, 5.74) is 0.803. The lowest BCUT2D eigenvalue weighted by Crippen LogP contribution is -2.23. The summed E-state index contributed by atoms with van der Waals surface area (Å²) in [6, 6.07) is 11.1. The van der Waals surface area contributed by atoms with Crippen molar-refractivity contribution in [2.75, 3.05) is 6.61 Å². The van der Waals surface area contributed by atoms with Crippen LogP contribution in [-0.2, 0) is 17.8 Å². The fraction of sp³-hybridized carbons (Fsp3) is 0.278. The zero-order valence-corrected chi connectivity index (χ0v) is 12.9. The highest BCUT2D eigenvalue weighted by Crippen LogP contribution is 2.18. The molecule has 122 valence electrons. The third-order valence-corrected chi connectivity index (χ3v) is 3.41. The molecule has 0 atom stereocenters. The minimum atomic E-state index is -0.625. The van der Waals surface area contributed by atoms with Crippen LogP contribution in [0.3, 0.4) is 0 Å². The summed E-state index contributed by atoms with van der Waals surface area (Å²) in [7, 11) is 0. The molecular formula is C18H19F2NO2. The summed E-state index contributed by atoms with van der Waals surface area (Å²) in [5, 5.41) is 2.74. The number of carbonyl (C=O) groups is 1. The van der Waals surface area contributed by atoms with E-state index in [2.05, 4.69) is 5.32 Å². The van der Waals surface area contributed by atoms with Crippen LogP contribution in [0.5, 0.6) is 5.75 Å². The number of rotatable bonds is 7. The molecule has 2 aromatic rings. The van der Waals surface area contributed by atoms with E-state index in [4.69, 9.17) is 4.74 Å². The number of halogens is 2. The van der Waals surface area contributed by atoms with Crippen LogP contribution in [0.15, 0.2) is 42.5 Å². The predicted molar refractivity (Wildman–Crippen MR) is 84.1 cm³/mol. The molecule has 0 saturated carbocycles. The largest absolute Gasteiger partial charge is 0.494 e. The molecule has 3 nitrogen and oxygen atoms in total. The Hall–Kier alpha value is -2.43. The Labute approximate surface area is 134 Å². The molecule has 0 aliphatic heterocycles. The number of para-hydroxylation sites is 1. The Kier molecular flexibility index (Phi) is 6.09. The number of nitrogens with one attached hydrogen (secondary N) is 1. The lowest BCUT2D eigenvalue weighted by atomic mass is 10.1. The van der Waals surface area contributed by atoms with Gasteiger partial charge in [0.15, 0.2) is 0 Å². The second-order valence-electron chi connectivity index (χ2n) is 5.02. The number of hydrogen-bond acceptors (Lipinski definition) is 2. The molecule has 0 aromatic heterocycles. The van der Waals surface area contributed by atoms with Crippen molar-refractivity contribution in [2.45, 2.75) is 26.3 Å². The summed E-state index contributed by atoms with van der Waals surface area (Å²) < 4.78 is 32.5. The van der Waals surface area contributed by atoms with E-state index >= 15 is 0 Å². The second kappa shape index (κ2) is 8.27. The standard InChI is InChI=1S/C18H19F2NO2/c1-2-23-17-9-4-3-6-13(17)12-21-18(22)11-10-14-15(19)7-5-8-16(14)20/h3-9H,2,10-12H2,1H3,(H,21,22). The average molecular weight is 319 g/mol. The van der Waals surface area contributed by atoms with Crippen molar-refractivity contribution in [3.63, 3.8) is 0 Å². The van der Waals surface area contributed by atoms with Crippen molar-refractivity contribution in [3.8, 4) is 5.75 Å². The van der Waals surface area contributed by atoms with E-state index in [1.807, 2.05) is 31.2 Å². The fourth-order valence-electron chi connectivity index (χ4n) is 2.24. The maximum absolute atomic E-state index is 13.5. The van der Waals surface area contributed by atoms with Crippen molar-refractivity contribution in [1.82, 2.24) is 5.32 Å². The van der Waals surface area contributed by atoms with Gasteiger partial charge in [-0.05, 0) is 31.5 Å². The van der Waals surface area contributed by atoms with Crippen LogP contribution < -0.4 is 10.1 Å². The number of hydrogen-bond donors (Lipinski definition) is 1. The van der Waals surface area contributed by atoms with Crippen molar-refractivity contribution < 1.29 is 18.3 Å². The summed E-state index contributed by atoms with van der Waals surface area (Å²) in [6.45, 7) is 2.74. The molecule has 2 rings (SSSR count). The molecule has 2 aromatic carbocycles. The van der Waals surface area contributed by atoms with Crippen molar-refractivity contribution in [2.24, 2.45) is 0 Å². The Morgan fingerprint density at radius 2 is 1.78 bits per heavy atom. The smallest absolute Gasteiger partial charge is 0.220 e. The van der Waals surface area contributed by atoms with Gasteiger partial charge in [-0.25, -0.2) is 8.78 Å².